The van der Waals surface area contributed by atoms with Gasteiger partial charge in [-0.2, -0.15) is 0 Å². The normalized spacial score (nSPS) is 30.8. The Morgan fingerprint density at radius 1 is 1.19 bits per heavy atom. The molecule has 1 aromatic rings. The van der Waals surface area contributed by atoms with Gasteiger partial charge in [-0.1, -0.05) is 18.9 Å². The molecule has 1 aromatic heterocycles. The van der Waals surface area contributed by atoms with Gasteiger partial charge in [0.25, 0.3) is 5.56 Å². The van der Waals surface area contributed by atoms with E-state index in [9.17, 15) is 14.7 Å². The molecule has 0 unspecified atom stereocenters. The zero-order valence-corrected chi connectivity index (χ0v) is 18.5. The van der Waals surface area contributed by atoms with Crippen LogP contribution in [0.15, 0.2) is 23.0 Å². The van der Waals surface area contributed by atoms with Gasteiger partial charge in [0.2, 0.25) is 0 Å². The number of carbonyl (C=O) groups excluding carboxylic acids is 1. The summed E-state index contributed by atoms with van der Waals surface area (Å²) in [6, 6.07) is 3.82. The van der Waals surface area contributed by atoms with Gasteiger partial charge in [-0.3, -0.25) is 14.5 Å². The molecule has 5 rings (SSSR count). The monoisotopic (exact) mass is 426 g/mol. The van der Waals surface area contributed by atoms with E-state index in [1.807, 2.05) is 10.6 Å². The van der Waals surface area contributed by atoms with Crippen LogP contribution in [0.3, 0.4) is 0 Å². The molecule has 6 nitrogen and oxygen atoms in total. The van der Waals surface area contributed by atoms with Crippen molar-refractivity contribution in [2.75, 3.05) is 20.3 Å². The van der Waals surface area contributed by atoms with Crippen molar-refractivity contribution in [3.8, 4) is 0 Å². The highest BCUT2D eigenvalue weighted by Crippen LogP contribution is 2.49. The number of fused-ring (bicyclic) bond motifs is 4. The van der Waals surface area contributed by atoms with E-state index in [0.717, 1.165) is 42.6 Å². The van der Waals surface area contributed by atoms with Crippen LogP contribution >= 0.6 is 0 Å². The van der Waals surface area contributed by atoms with Gasteiger partial charge in [0.05, 0.1) is 19.1 Å². The molecule has 1 saturated carbocycles. The van der Waals surface area contributed by atoms with Crippen LogP contribution < -0.4 is 5.56 Å². The fraction of sp³-hybridized carbons (Fsp3) is 0.680. The number of allylic oxidation sites excluding steroid dienone is 2. The molecule has 31 heavy (non-hydrogen) atoms. The second-order valence-corrected chi connectivity index (χ2v) is 9.82. The highest BCUT2D eigenvalue weighted by atomic mass is 16.5. The van der Waals surface area contributed by atoms with E-state index in [1.54, 1.807) is 0 Å². The summed E-state index contributed by atoms with van der Waals surface area (Å²) < 4.78 is 7.08. The van der Waals surface area contributed by atoms with Crippen molar-refractivity contribution >= 4 is 11.5 Å². The van der Waals surface area contributed by atoms with Gasteiger partial charge in [0, 0.05) is 42.9 Å². The van der Waals surface area contributed by atoms with Crippen LogP contribution in [0.5, 0.6) is 0 Å². The van der Waals surface area contributed by atoms with Crippen LogP contribution in [0, 0.1) is 17.8 Å². The lowest BCUT2D eigenvalue weighted by Gasteiger charge is -2.39. The zero-order chi connectivity index (χ0) is 21.5. The standard InChI is InChI=1S/C25H34N2O4/c1-31-25(30)22-19(15-28)21-14-27-20(23(22)26(21)13-16-7-5-6-8-16)12-11-18(24(27)29)17-9-3-2-4-10-17/h9,11-12,16,19,21-23,28H,2-8,10,13-15H2,1H3/t19-,21-,22+,23+/m0/s1. The summed E-state index contributed by atoms with van der Waals surface area (Å²) in [6.45, 7) is 1.40. The number of esters is 1. The largest absolute Gasteiger partial charge is 0.469 e. The third-order valence-electron chi connectivity index (χ3n) is 8.22. The first-order chi connectivity index (χ1) is 15.1. The first-order valence-corrected chi connectivity index (χ1v) is 12.0. The Balaban J connectivity index is 1.58. The summed E-state index contributed by atoms with van der Waals surface area (Å²) in [5.41, 5.74) is 2.94. The van der Waals surface area contributed by atoms with Gasteiger partial charge in [-0.15, -0.1) is 0 Å². The highest BCUT2D eigenvalue weighted by Gasteiger charge is 2.56. The fourth-order valence-corrected chi connectivity index (χ4v) is 6.69. The number of nitrogens with zero attached hydrogens (tertiary/aromatic N) is 2. The molecule has 0 spiro atoms. The molecular formula is C25H34N2O4. The Labute approximate surface area is 183 Å². The number of hydrogen-bond acceptors (Lipinski definition) is 5. The minimum absolute atomic E-state index is 0.0134. The maximum Gasteiger partial charge on any atom is 0.311 e. The predicted molar refractivity (Wildman–Crippen MR) is 118 cm³/mol. The molecule has 2 aliphatic heterocycles. The average molecular weight is 427 g/mol. The molecule has 0 radical (unpaired) electrons. The van der Waals surface area contributed by atoms with Crippen molar-refractivity contribution < 1.29 is 14.6 Å². The second kappa shape index (κ2) is 8.55. The number of pyridine rings is 1. The van der Waals surface area contributed by atoms with Crippen molar-refractivity contribution in [2.45, 2.75) is 70.0 Å². The van der Waals surface area contributed by atoms with E-state index in [0.29, 0.717) is 12.5 Å². The third-order valence-corrected chi connectivity index (χ3v) is 8.22. The lowest BCUT2D eigenvalue weighted by molar-refractivity contribution is -0.148. The molecule has 2 bridgehead atoms. The minimum atomic E-state index is -0.436. The van der Waals surface area contributed by atoms with Crippen LogP contribution in [0.25, 0.3) is 5.57 Å². The third kappa shape index (κ3) is 3.48. The molecule has 6 heteroatoms. The van der Waals surface area contributed by atoms with Crippen molar-refractivity contribution in [3.05, 3.63) is 39.8 Å². The molecule has 1 N–H and O–H groups in total. The summed E-state index contributed by atoms with van der Waals surface area (Å²) in [5.74, 6) is -0.293. The number of hydrogen-bond donors (Lipinski definition) is 1. The summed E-state index contributed by atoms with van der Waals surface area (Å²) in [5, 5.41) is 10.3. The van der Waals surface area contributed by atoms with Crippen molar-refractivity contribution in [1.82, 2.24) is 9.47 Å². The highest BCUT2D eigenvalue weighted by molar-refractivity contribution is 5.75. The Hall–Kier alpha value is -1.92. The lowest BCUT2D eigenvalue weighted by atomic mass is 9.87. The fourth-order valence-electron chi connectivity index (χ4n) is 6.69. The molecule has 2 aliphatic carbocycles. The predicted octanol–water partition coefficient (Wildman–Crippen LogP) is 3.13. The van der Waals surface area contributed by atoms with E-state index in [2.05, 4.69) is 17.0 Å². The SMILES string of the molecule is COC(=O)[C@@H]1[C@@H](CO)[C@@H]2Cn3c(ccc(C4=CCCCC4)c3=O)[C@H]1N2CC1CCCC1. The van der Waals surface area contributed by atoms with Crippen LogP contribution in [0.4, 0.5) is 0 Å². The maximum atomic E-state index is 13.5. The van der Waals surface area contributed by atoms with Crippen LogP contribution in [-0.4, -0.2) is 46.8 Å². The topological polar surface area (TPSA) is 71.8 Å². The lowest BCUT2D eigenvalue weighted by Crippen LogP contribution is -2.48. The molecule has 0 amide bonds. The molecule has 4 atom stereocenters. The Bertz CT molecular complexity index is 930. The van der Waals surface area contributed by atoms with E-state index >= 15 is 0 Å². The molecule has 4 aliphatic rings. The number of ether oxygens (including phenoxy) is 1. The maximum absolute atomic E-state index is 13.5. The van der Waals surface area contributed by atoms with E-state index in [-0.39, 0.29) is 36.1 Å². The smallest absolute Gasteiger partial charge is 0.311 e. The van der Waals surface area contributed by atoms with Crippen molar-refractivity contribution in [3.63, 3.8) is 0 Å². The molecule has 2 fully saturated rings. The Morgan fingerprint density at radius 2 is 2.00 bits per heavy atom. The second-order valence-electron chi connectivity index (χ2n) is 9.82. The molecule has 1 saturated heterocycles. The zero-order valence-electron chi connectivity index (χ0n) is 18.5. The summed E-state index contributed by atoms with van der Waals surface area (Å²) >= 11 is 0. The molecule has 3 heterocycles. The Morgan fingerprint density at radius 3 is 2.68 bits per heavy atom. The summed E-state index contributed by atoms with van der Waals surface area (Å²) in [4.78, 5) is 28.8. The van der Waals surface area contributed by atoms with Crippen molar-refractivity contribution in [1.29, 1.82) is 0 Å². The van der Waals surface area contributed by atoms with Gasteiger partial charge < -0.3 is 14.4 Å². The quantitative estimate of drug-likeness (QED) is 0.733. The Kier molecular flexibility index (Phi) is 5.78. The number of aromatic nitrogens is 1. The summed E-state index contributed by atoms with van der Waals surface area (Å²) in [7, 11) is 1.42. The number of carbonyl (C=O) groups is 1. The summed E-state index contributed by atoms with van der Waals surface area (Å²) in [6.07, 6.45) is 11.5. The molecule has 0 aromatic carbocycles. The average Bonchev–Trinajstić information content (AvgIpc) is 3.38. The van der Waals surface area contributed by atoms with Gasteiger partial charge in [-0.05, 0) is 62.1 Å². The van der Waals surface area contributed by atoms with E-state index < -0.39 is 5.92 Å². The number of methoxy groups -OCH3 is 1. The van der Waals surface area contributed by atoms with Gasteiger partial charge in [0.1, 0.15) is 0 Å². The molecule has 168 valence electrons. The van der Waals surface area contributed by atoms with Crippen LogP contribution in [0.1, 0.15) is 68.7 Å². The number of aliphatic hydroxyl groups is 1. The van der Waals surface area contributed by atoms with E-state index in [4.69, 9.17) is 4.74 Å². The van der Waals surface area contributed by atoms with Gasteiger partial charge >= 0.3 is 5.97 Å². The number of rotatable bonds is 5. The van der Waals surface area contributed by atoms with Crippen LogP contribution in [-0.2, 0) is 16.1 Å². The van der Waals surface area contributed by atoms with Gasteiger partial charge in [0.15, 0.2) is 0 Å². The number of aliphatic hydroxyl groups excluding tert-OH is 1. The van der Waals surface area contributed by atoms with Crippen molar-refractivity contribution in [2.24, 2.45) is 17.8 Å². The van der Waals surface area contributed by atoms with Gasteiger partial charge in [-0.25, -0.2) is 0 Å². The van der Waals surface area contributed by atoms with Crippen LogP contribution in [0.2, 0.25) is 0 Å². The minimum Gasteiger partial charge on any atom is -0.469 e. The van der Waals surface area contributed by atoms with E-state index in [1.165, 1.54) is 39.2 Å². The first kappa shape index (κ1) is 21.0. The molecular weight excluding hydrogens is 392 g/mol. The first-order valence-electron chi connectivity index (χ1n) is 12.0.